The van der Waals surface area contributed by atoms with Crippen LogP contribution < -0.4 is 5.32 Å². The maximum Gasteiger partial charge on any atom is 0.243 e. The highest BCUT2D eigenvalue weighted by molar-refractivity contribution is 5.94. The average molecular weight is 252 g/mol. The summed E-state index contributed by atoms with van der Waals surface area (Å²) in [7, 11) is 0. The Kier molecular flexibility index (Phi) is 3.93. The van der Waals surface area contributed by atoms with E-state index in [0.717, 1.165) is 25.2 Å². The minimum atomic E-state index is -0.253. The van der Waals surface area contributed by atoms with Gasteiger partial charge >= 0.3 is 0 Å². The number of hydrogen-bond donors (Lipinski definition) is 1. The van der Waals surface area contributed by atoms with Crippen LogP contribution in [0.2, 0.25) is 0 Å². The predicted molar refractivity (Wildman–Crippen MR) is 69.9 cm³/mol. The van der Waals surface area contributed by atoms with Gasteiger partial charge in [-0.3, -0.25) is 9.59 Å². The number of piperazine rings is 1. The van der Waals surface area contributed by atoms with Gasteiger partial charge in [-0.05, 0) is 37.5 Å². The van der Waals surface area contributed by atoms with Crippen molar-refractivity contribution in [2.24, 2.45) is 11.8 Å². The van der Waals surface area contributed by atoms with Crippen molar-refractivity contribution in [2.45, 2.75) is 58.5 Å². The molecule has 1 N–H and O–H groups in total. The zero-order chi connectivity index (χ0) is 13.3. The van der Waals surface area contributed by atoms with Crippen molar-refractivity contribution in [3.8, 4) is 0 Å². The summed E-state index contributed by atoms with van der Waals surface area (Å²) in [5, 5.41) is 2.69. The third-order valence-electron chi connectivity index (χ3n) is 4.69. The van der Waals surface area contributed by atoms with Gasteiger partial charge in [-0.15, -0.1) is 0 Å². The van der Waals surface area contributed by atoms with E-state index in [2.05, 4.69) is 19.2 Å². The Bertz CT molecular complexity index is 343. The molecule has 2 aliphatic rings. The molecule has 18 heavy (non-hydrogen) atoms. The predicted octanol–water partition coefficient (Wildman–Crippen LogP) is 1.55. The van der Waals surface area contributed by atoms with Gasteiger partial charge in [0.05, 0.1) is 6.54 Å². The first-order chi connectivity index (χ1) is 8.54. The van der Waals surface area contributed by atoms with E-state index in [1.54, 1.807) is 0 Å². The topological polar surface area (TPSA) is 49.4 Å². The largest absolute Gasteiger partial charge is 0.345 e. The molecular formula is C14H24N2O2. The average Bonchev–Trinajstić information content (AvgIpc) is 2.35. The highest BCUT2D eigenvalue weighted by Crippen LogP contribution is 2.33. The first-order valence-electron chi connectivity index (χ1n) is 7.13. The molecule has 2 fully saturated rings. The summed E-state index contributed by atoms with van der Waals surface area (Å²) in [6.07, 6.45) is 3.95. The van der Waals surface area contributed by atoms with Crippen LogP contribution in [0.15, 0.2) is 0 Å². The molecule has 0 bridgehead atoms. The molecule has 1 aliphatic carbocycles. The molecule has 0 aromatic heterocycles. The second kappa shape index (κ2) is 5.29. The Labute approximate surface area is 109 Å². The van der Waals surface area contributed by atoms with Crippen LogP contribution in [0.5, 0.6) is 0 Å². The molecule has 1 aliphatic heterocycles. The Morgan fingerprint density at radius 2 is 1.94 bits per heavy atom. The van der Waals surface area contributed by atoms with Gasteiger partial charge in [0, 0.05) is 6.04 Å². The van der Waals surface area contributed by atoms with E-state index in [1.807, 2.05) is 11.8 Å². The molecule has 0 aromatic rings. The number of carbonyl (C=O) groups excluding carboxylic acids is 2. The number of nitrogens with zero attached hydrogens (tertiary/aromatic N) is 1. The quantitative estimate of drug-likeness (QED) is 0.810. The first kappa shape index (κ1) is 13.4. The summed E-state index contributed by atoms with van der Waals surface area (Å²) >= 11 is 0. The van der Waals surface area contributed by atoms with Gasteiger partial charge in [-0.25, -0.2) is 0 Å². The van der Waals surface area contributed by atoms with Gasteiger partial charge in [0.25, 0.3) is 0 Å². The lowest BCUT2D eigenvalue weighted by atomic mass is 9.78. The molecule has 4 unspecified atom stereocenters. The summed E-state index contributed by atoms with van der Waals surface area (Å²) < 4.78 is 0. The molecular weight excluding hydrogens is 228 g/mol. The molecule has 1 saturated carbocycles. The van der Waals surface area contributed by atoms with Crippen molar-refractivity contribution in [1.82, 2.24) is 10.2 Å². The Hall–Kier alpha value is -1.06. The number of hydrogen-bond acceptors (Lipinski definition) is 2. The lowest BCUT2D eigenvalue weighted by Gasteiger charge is -2.44. The van der Waals surface area contributed by atoms with Crippen LogP contribution in [-0.4, -0.2) is 35.3 Å². The highest BCUT2D eigenvalue weighted by Gasteiger charge is 2.39. The molecule has 0 spiro atoms. The van der Waals surface area contributed by atoms with E-state index in [1.165, 1.54) is 0 Å². The fraction of sp³-hybridized carbons (Fsp3) is 0.857. The van der Waals surface area contributed by atoms with Crippen LogP contribution in [-0.2, 0) is 9.59 Å². The van der Waals surface area contributed by atoms with Crippen LogP contribution in [0.4, 0.5) is 0 Å². The maximum atomic E-state index is 12.1. The summed E-state index contributed by atoms with van der Waals surface area (Å²) in [5.74, 6) is 1.48. The van der Waals surface area contributed by atoms with Gasteiger partial charge in [0.1, 0.15) is 6.04 Å². The normalized spacial score (nSPS) is 37.6. The van der Waals surface area contributed by atoms with E-state index in [0.29, 0.717) is 12.3 Å². The summed E-state index contributed by atoms with van der Waals surface area (Å²) in [6.45, 7) is 6.69. The minimum Gasteiger partial charge on any atom is -0.345 e. The van der Waals surface area contributed by atoms with E-state index >= 15 is 0 Å². The minimum absolute atomic E-state index is 0.0170. The van der Waals surface area contributed by atoms with Crippen molar-refractivity contribution in [3.05, 3.63) is 0 Å². The first-order valence-corrected chi connectivity index (χ1v) is 7.13. The summed E-state index contributed by atoms with van der Waals surface area (Å²) in [4.78, 5) is 25.8. The smallest absolute Gasteiger partial charge is 0.243 e. The summed E-state index contributed by atoms with van der Waals surface area (Å²) in [5.41, 5.74) is 0. The third-order valence-corrected chi connectivity index (χ3v) is 4.69. The Morgan fingerprint density at radius 3 is 2.56 bits per heavy atom. The second-order valence-corrected chi connectivity index (χ2v) is 5.86. The number of carbonyl (C=O) groups is 2. The van der Waals surface area contributed by atoms with Gasteiger partial charge in [-0.2, -0.15) is 0 Å². The molecule has 4 atom stereocenters. The SMILES string of the molecule is CCC1C(=O)NCC(=O)N1C1CCC(C)C(C)C1. The molecule has 4 nitrogen and oxygen atoms in total. The van der Waals surface area contributed by atoms with Crippen molar-refractivity contribution >= 4 is 11.8 Å². The standard InChI is InChI=1S/C14H24N2O2/c1-4-12-14(18)15-8-13(17)16(12)11-6-5-9(2)10(3)7-11/h9-12H,4-8H2,1-3H3,(H,15,18). The number of nitrogens with one attached hydrogen (secondary N) is 1. The monoisotopic (exact) mass is 252 g/mol. The van der Waals surface area contributed by atoms with Crippen LogP contribution in [0.3, 0.4) is 0 Å². The van der Waals surface area contributed by atoms with E-state index in [-0.39, 0.29) is 30.4 Å². The highest BCUT2D eigenvalue weighted by atomic mass is 16.2. The number of rotatable bonds is 2. The van der Waals surface area contributed by atoms with Gasteiger partial charge in [-0.1, -0.05) is 20.8 Å². The molecule has 1 saturated heterocycles. The van der Waals surface area contributed by atoms with Crippen LogP contribution in [0.25, 0.3) is 0 Å². The van der Waals surface area contributed by atoms with Crippen molar-refractivity contribution in [3.63, 3.8) is 0 Å². The molecule has 0 aromatic carbocycles. The van der Waals surface area contributed by atoms with E-state index in [4.69, 9.17) is 0 Å². The lowest BCUT2D eigenvalue weighted by Crippen LogP contribution is -2.62. The molecule has 0 radical (unpaired) electrons. The Morgan fingerprint density at radius 1 is 1.22 bits per heavy atom. The fourth-order valence-corrected chi connectivity index (χ4v) is 3.28. The summed E-state index contributed by atoms with van der Waals surface area (Å²) in [6, 6.07) is 0.0107. The molecule has 102 valence electrons. The molecule has 2 rings (SSSR count). The Balaban J connectivity index is 2.13. The van der Waals surface area contributed by atoms with Crippen LogP contribution in [0.1, 0.15) is 46.5 Å². The third kappa shape index (κ3) is 2.38. The van der Waals surface area contributed by atoms with Crippen LogP contribution >= 0.6 is 0 Å². The van der Waals surface area contributed by atoms with Gasteiger partial charge in [0.15, 0.2) is 0 Å². The fourth-order valence-electron chi connectivity index (χ4n) is 3.28. The van der Waals surface area contributed by atoms with Crippen molar-refractivity contribution in [2.75, 3.05) is 6.54 Å². The van der Waals surface area contributed by atoms with E-state index < -0.39 is 0 Å². The molecule has 2 amide bonds. The van der Waals surface area contributed by atoms with Crippen molar-refractivity contribution in [1.29, 1.82) is 0 Å². The zero-order valence-corrected chi connectivity index (χ0v) is 11.6. The van der Waals surface area contributed by atoms with E-state index in [9.17, 15) is 9.59 Å². The maximum absolute atomic E-state index is 12.1. The molecule has 4 heteroatoms. The second-order valence-electron chi connectivity index (χ2n) is 5.86. The zero-order valence-electron chi connectivity index (χ0n) is 11.6. The number of amides is 2. The van der Waals surface area contributed by atoms with Gasteiger partial charge in [0.2, 0.25) is 11.8 Å². The van der Waals surface area contributed by atoms with Gasteiger partial charge < -0.3 is 10.2 Å². The molecule has 1 heterocycles. The lowest BCUT2D eigenvalue weighted by molar-refractivity contribution is -0.149. The van der Waals surface area contributed by atoms with Crippen molar-refractivity contribution < 1.29 is 9.59 Å². The van der Waals surface area contributed by atoms with Crippen LogP contribution in [0, 0.1) is 11.8 Å².